The molecule has 0 unspecified atom stereocenters. The van der Waals surface area contributed by atoms with Crippen molar-refractivity contribution in [3.8, 4) is 0 Å². The zero-order valence-electron chi connectivity index (χ0n) is 7.90. The van der Waals surface area contributed by atoms with Gasteiger partial charge in [-0.05, 0) is 22.3 Å². The Labute approximate surface area is 86.9 Å². The van der Waals surface area contributed by atoms with Gasteiger partial charge in [-0.1, -0.05) is 42.5 Å². The van der Waals surface area contributed by atoms with E-state index in [9.17, 15) is 9.90 Å². The Balaban J connectivity index is 2.36. The first-order chi connectivity index (χ1) is 7.29. The average molecular weight is 196 g/mol. The first-order valence-electron chi connectivity index (χ1n) is 4.75. The molecule has 72 valence electrons. The zero-order valence-corrected chi connectivity index (χ0v) is 7.90. The number of allylic oxidation sites excluding steroid dienone is 5. The van der Waals surface area contributed by atoms with Gasteiger partial charge in [-0.25, -0.2) is 4.79 Å². The van der Waals surface area contributed by atoms with Gasteiger partial charge in [-0.15, -0.1) is 0 Å². The zero-order chi connectivity index (χ0) is 10.4. The SMILES string of the molecule is O=C(O)C1=C2C=CC=C2c2ccccc21. The summed E-state index contributed by atoms with van der Waals surface area (Å²) < 4.78 is 0. The molecule has 2 heteroatoms. The van der Waals surface area contributed by atoms with Crippen LogP contribution in [0.25, 0.3) is 11.1 Å². The van der Waals surface area contributed by atoms with Gasteiger partial charge in [0.25, 0.3) is 0 Å². The number of fused-ring (bicyclic) bond motifs is 3. The summed E-state index contributed by atoms with van der Waals surface area (Å²) in [5, 5.41) is 9.19. The monoisotopic (exact) mass is 196 g/mol. The van der Waals surface area contributed by atoms with E-state index in [2.05, 4.69) is 0 Å². The molecule has 0 amide bonds. The number of carboxylic acid groups (broad SMARTS) is 1. The van der Waals surface area contributed by atoms with Crippen LogP contribution in [0.3, 0.4) is 0 Å². The van der Waals surface area contributed by atoms with Crippen LogP contribution >= 0.6 is 0 Å². The van der Waals surface area contributed by atoms with Gasteiger partial charge in [-0.3, -0.25) is 0 Å². The Bertz CT molecular complexity index is 560. The van der Waals surface area contributed by atoms with Crippen molar-refractivity contribution in [3.63, 3.8) is 0 Å². The Hall–Kier alpha value is -2.09. The fraction of sp³-hybridized carbons (Fsp3) is 0. The average Bonchev–Trinajstić information content (AvgIpc) is 2.75. The van der Waals surface area contributed by atoms with E-state index < -0.39 is 5.97 Å². The molecule has 3 rings (SSSR count). The maximum Gasteiger partial charge on any atom is 0.336 e. The van der Waals surface area contributed by atoms with E-state index in [1.807, 2.05) is 42.5 Å². The first kappa shape index (κ1) is 8.24. The number of carbonyl (C=O) groups is 1. The van der Waals surface area contributed by atoms with E-state index in [0.29, 0.717) is 5.57 Å². The molecular formula is C13H8O2. The van der Waals surface area contributed by atoms with Crippen LogP contribution in [-0.2, 0) is 4.79 Å². The van der Waals surface area contributed by atoms with Crippen LogP contribution in [0.5, 0.6) is 0 Å². The van der Waals surface area contributed by atoms with E-state index in [-0.39, 0.29) is 0 Å². The van der Waals surface area contributed by atoms with E-state index in [0.717, 1.165) is 22.3 Å². The van der Waals surface area contributed by atoms with Crippen LogP contribution < -0.4 is 0 Å². The van der Waals surface area contributed by atoms with Gasteiger partial charge < -0.3 is 5.11 Å². The molecule has 0 aliphatic heterocycles. The second-order valence-corrected chi connectivity index (χ2v) is 3.58. The van der Waals surface area contributed by atoms with E-state index >= 15 is 0 Å². The summed E-state index contributed by atoms with van der Waals surface area (Å²) in [4.78, 5) is 11.2. The molecule has 1 aromatic carbocycles. The van der Waals surface area contributed by atoms with Gasteiger partial charge in [0.2, 0.25) is 0 Å². The molecular weight excluding hydrogens is 188 g/mol. The summed E-state index contributed by atoms with van der Waals surface area (Å²) >= 11 is 0. The normalized spacial score (nSPS) is 16.4. The molecule has 2 aliphatic carbocycles. The molecule has 0 heterocycles. The highest BCUT2D eigenvalue weighted by atomic mass is 16.4. The highest BCUT2D eigenvalue weighted by Crippen LogP contribution is 2.44. The minimum atomic E-state index is -0.854. The molecule has 0 saturated carbocycles. The predicted octanol–water partition coefficient (Wildman–Crippen LogP) is 2.49. The predicted molar refractivity (Wildman–Crippen MR) is 58.1 cm³/mol. The van der Waals surface area contributed by atoms with Crippen molar-refractivity contribution < 1.29 is 9.90 Å². The fourth-order valence-electron chi connectivity index (χ4n) is 2.18. The molecule has 2 aliphatic rings. The van der Waals surface area contributed by atoms with Gasteiger partial charge in [0.15, 0.2) is 0 Å². The molecule has 0 saturated heterocycles. The van der Waals surface area contributed by atoms with Crippen molar-refractivity contribution in [2.45, 2.75) is 0 Å². The molecule has 0 spiro atoms. The Morgan fingerprint density at radius 1 is 1.13 bits per heavy atom. The molecule has 15 heavy (non-hydrogen) atoms. The highest BCUT2D eigenvalue weighted by molar-refractivity contribution is 6.25. The maximum atomic E-state index is 11.2. The van der Waals surface area contributed by atoms with Crippen LogP contribution in [0.2, 0.25) is 0 Å². The van der Waals surface area contributed by atoms with Crippen LogP contribution in [0.15, 0.2) is 48.1 Å². The van der Waals surface area contributed by atoms with E-state index in [4.69, 9.17) is 0 Å². The van der Waals surface area contributed by atoms with Crippen molar-refractivity contribution in [2.24, 2.45) is 0 Å². The minimum absolute atomic E-state index is 0.422. The van der Waals surface area contributed by atoms with Crippen molar-refractivity contribution >= 4 is 17.1 Å². The number of hydrogen-bond acceptors (Lipinski definition) is 1. The third-order valence-electron chi connectivity index (χ3n) is 2.79. The quantitative estimate of drug-likeness (QED) is 0.749. The van der Waals surface area contributed by atoms with Gasteiger partial charge in [0, 0.05) is 0 Å². The van der Waals surface area contributed by atoms with Crippen LogP contribution in [0.1, 0.15) is 11.1 Å². The van der Waals surface area contributed by atoms with Crippen molar-refractivity contribution in [3.05, 3.63) is 59.2 Å². The third-order valence-corrected chi connectivity index (χ3v) is 2.79. The Kier molecular flexibility index (Phi) is 1.48. The summed E-state index contributed by atoms with van der Waals surface area (Å²) in [6, 6.07) is 7.62. The number of hydrogen-bond donors (Lipinski definition) is 1. The van der Waals surface area contributed by atoms with Crippen LogP contribution in [0.4, 0.5) is 0 Å². The van der Waals surface area contributed by atoms with Crippen molar-refractivity contribution in [2.75, 3.05) is 0 Å². The second-order valence-electron chi connectivity index (χ2n) is 3.58. The maximum absolute atomic E-state index is 11.2. The lowest BCUT2D eigenvalue weighted by atomic mass is 10.0. The number of carboxylic acids is 1. The third kappa shape index (κ3) is 0.960. The summed E-state index contributed by atoms with van der Waals surface area (Å²) in [7, 11) is 0. The number of benzene rings is 1. The molecule has 1 aromatic rings. The lowest BCUT2D eigenvalue weighted by molar-refractivity contribution is -0.130. The van der Waals surface area contributed by atoms with E-state index in [1.165, 1.54) is 0 Å². The Morgan fingerprint density at radius 3 is 2.60 bits per heavy atom. The topological polar surface area (TPSA) is 37.3 Å². The number of rotatable bonds is 1. The lowest BCUT2D eigenvalue weighted by Gasteiger charge is -2.00. The van der Waals surface area contributed by atoms with Crippen LogP contribution in [0, 0.1) is 0 Å². The molecule has 0 fully saturated rings. The Morgan fingerprint density at radius 2 is 1.87 bits per heavy atom. The van der Waals surface area contributed by atoms with Gasteiger partial charge in [-0.2, -0.15) is 0 Å². The highest BCUT2D eigenvalue weighted by Gasteiger charge is 2.29. The summed E-state index contributed by atoms with van der Waals surface area (Å²) in [5.74, 6) is -0.854. The molecule has 0 aromatic heterocycles. The summed E-state index contributed by atoms with van der Waals surface area (Å²) in [6.45, 7) is 0. The van der Waals surface area contributed by atoms with Crippen molar-refractivity contribution in [1.82, 2.24) is 0 Å². The lowest BCUT2D eigenvalue weighted by Crippen LogP contribution is -1.98. The van der Waals surface area contributed by atoms with Gasteiger partial charge in [0.05, 0.1) is 5.57 Å². The molecule has 0 bridgehead atoms. The standard InChI is InChI=1S/C13H8O2/c14-13(15)12-10-5-2-1-4-8(10)9-6-3-7-11(9)12/h1-7H,(H,14,15). The van der Waals surface area contributed by atoms with Gasteiger partial charge >= 0.3 is 5.97 Å². The van der Waals surface area contributed by atoms with E-state index in [1.54, 1.807) is 0 Å². The van der Waals surface area contributed by atoms with Gasteiger partial charge in [0.1, 0.15) is 0 Å². The van der Waals surface area contributed by atoms with Crippen molar-refractivity contribution in [1.29, 1.82) is 0 Å². The first-order valence-corrected chi connectivity index (χ1v) is 4.75. The summed E-state index contributed by atoms with van der Waals surface area (Å²) in [6.07, 6.45) is 5.71. The molecule has 2 nitrogen and oxygen atoms in total. The molecule has 0 radical (unpaired) electrons. The molecule has 1 N–H and O–H groups in total. The smallest absolute Gasteiger partial charge is 0.336 e. The fourth-order valence-corrected chi connectivity index (χ4v) is 2.18. The molecule has 0 atom stereocenters. The number of aliphatic carboxylic acids is 1. The van der Waals surface area contributed by atoms with Crippen LogP contribution in [-0.4, -0.2) is 11.1 Å². The minimum Gasteiger partial charge on any atom is -0.478 e. The largest absolute Gasteiger partial charge is 0.478 e. The second kappa shape index (κ2) is 2.70. The summed E-state index contributed by atoms with van der Waals surface area (Å²) in [5.41, 5.74) is 4.14.